The van der Waals surface area contributed by atoms with E-state index in [0.29, 0.717) is 18.8 Å². The Balaban J connectivity index is 1.94. The highest BCUT2D eigenvalue weighted by Crippen LogP contribution is 2.36. The molecule has 0 aromatic heterocycles. The minimum Gasteiger partial charge on any atom is -0.462 e. The van der Waals surface area contributed by atoms with E-state index in [-0.39, 0.29) is 43.3 Å². The lowest BCUT2D eigenvalue weighted by molar-refractivity contribution is -0.151. The van der Waals surface area contributed by atoms with Crippen LogP contribution in [0.2, 0.25) is 0 Å². The van der Waals surface area contributed by atoms with Crippen molar-refractivity contribution in [1.82, 2.24) is 0 Å². The molecule has 10 nitrogen and oxygen atoms in total. The van der Waals surface area contributed by atoms with Gasteiger partial charge in [0.05, 0.1) is 6.10 Å². The normalized spacial score (nSPS) is 25.9. The summed E-state index contributed by atoms with van der Waals surface area (Å²) < 4.78 is 16.4. The van der Waals surface area contributed by atoms with E-state index in [1.807, 2.05) is 19.1 Å². The highest BCUT2D eigenvalue weighted by molar-refractivity contribution is 7.39. The first kappa shape index (κ1) is 39.3. The first-order chi connectivity index (χ1) is 21.5. The van der Waals surface area contributed by atoms with Crippen LogP contribution in [0.5, 0.6) is 0 Å². The zero-order chi connectivity index (χ0) is 33.2. The molecule has 1 aliphatic heterocycles. The van der Waals surface area contributed by atoms with Gasteiger partial charge in [0, 0.05) is 24.8 Å². The van der Waals surface area contributed by atoms with Crippen molar-refractivity contribution in [2.45, 2.75) is 128 Å². The van der Waals surface area contributed by atoms with Gasteiger partial charge in [0.15, 0.2) is 0 Å². The minimum atomic E-state index is -2.85. The molecule has 1 aliphatic carbocycles. The fourth-order valence-corrected chi connectivity index (χ4v) is 6.30. The number of ether oxygens (including phenoxy) is 2. The lowest BCUT2D eigenvalue weighted by Crippen LogP contribution is -2.45. The van der Waals surface area contributed by atoms with E-state index in [1.165, 1.54) is 18.2 Å². The number of rotatable bonds is 20. The summed E-state index contributed by atoms with van der Waals surface area (Å²) in [6.07, 6.45) is 19.1. The van der Waals surface area contributed by atoms with Crippen molar-refractivity contribution in [2.24, 2.45) is 23.5 Å². The largest absolute Gasteiger partial charge is 0.462 e. The summed E-state index contributed by atoms with van der Waals surface area (Å²) >= 11 is 0. The molecular weight excluding hydrogens is 597 g/mol. The third kappa shape index (κ3) is 15.0. The molecule has 256 valence electrons. The first-order valence-corrected chi connectivity index (χ1v) is 17.7. The summed E-state index contributed by atoms with van der Waals surface area (Å²) in [7, 11) is -2.85. The molecule has 8 atom stereocenters. The average Bonchev–Trinajstić information content (AvgIpc) is 3.00. The van der Waals surface area contributed by atoms with Gasteiger partial charge in [0.2, 0.25) is 0 Å². The Kier molecular flexibility index (Phi) is 18.4. The smallest absolute Gasteiger partial charge is 0.331 e. The monoisotopic (exact) mass is 653 g/mol. The molecule has 1 saturated carbocycles. The molecule has 0 spiro atoms. The standard InChI is InChI=1S/C34H56NO9P/c1-4-25(3)11-6-9-16-32(37)42-29-15-10-13-26(23-29)12-7-8-14-28(36)24-31(44-45(40)41)34(39,21-22-35)20-19-30-27(5-2)17-18-33(38)43-30/h7-8,12,14,17-20,25-31,36,39-41H,4-6,9-11,13,15-16,21-24,35H2,1-3H3/b12-7-,14-8-,20-19+. The van der Waals surface area contributed by atoms with Gasteiger partial charge in [0.25, 0.3) is 0 Å². The number of cyclic esters (lactones) is 1. The summed E-state index contributed by atoms with van der Waals surface area (Å²) in [5, 5.41) is 22.2. The van der Waals surface area contributed by atoms with Crippen LogP contribution in [-0.4, -0.2) is 68.5 Å². The van der Waals surface area contributed by atoms with Gasteiger partial charge in [-0.05, 0) is 69.4 Å². The van der Waals surface area contributed by atoms with Crippen LogP contribution in [-0.2, 0) is 23.6 Å². The van der Waals surface area contributed by atoms with Gasteiger partial charge in [0.1, 0.15) is 23.9 Å². The quantitative estimate of drug-likeness (QED) is 0.0382. The Hall–Kier alpha value is -1.91. The molecule has 0 amide bonds. The van der Waals surface area contributed by atoms with Crippen molar-refractivity contribution in [1.29, 1.82) is 0 Å². The lowest BCUT2D eigenvalue weighted by Gasteiger charge is -2.35. The topological polar surface area (TPSA) is 169 Å². The number of aliphatic hydroxyl groups is 2. The van der Waals surface area contributed by atoms with Gasteiger partial charge in [-0.1, -0.05) is 76.5 Å². The van der Waals surface area contributed by atoms with E-state index in [0.717, 1.165) is 51.4 Å². The molecule has 0 aromatic rings. The molecule has 1 heterocycles. The van der Waals surface area contributed by atoms with Crippen LogP contribution in [0.15, 0.2) is 48.6 Å². The molecule has 6 N–H and O–H groups in total. The Morgan fingerprint density at radius 2 is 2.00 bits per heavy atom. The third-order valence-electron chi connectivity index (χ3n) is 8.80. The molecule has 0 aromatic carbocycles. The summed E-state index contributed by atoms with van der Waals surface area (Å²) in [6.45, 7) is 6.43. The SMILES string of the molecule is CCC(C)CCCCC(=O)OC1CCCC(/C=C\C=C/C(O)CC(OP(O)O)C(O)(/C=C/C2OC(=O)C=CC2CC)CCN)C1. The minimum absolute atomic E-state index is 0.00641. The van der Waals surface area contributed by atoms with Crippen LogP contribution < -0.4 is 5.73 Å². The maximum atomic E-state index is 12.3. The van der Waals surface area contributed by atoms with Gasteiger partial charge in [-0.3, -0.25) is 4.79 Å². The Morgan fingerprint density at radius 1 is 1.22 bits per heavy atom. The lowest BCUT2D eigenvalue weighted by atomic mass is 9.86. The molecule has 1 fully saturated rings. The molecule has 45 heavy (non-hydrogen) atoms. The Morgan fingerprint density at radius 3 is 2.69 bits per heavy atom. The van der Waals surface area contributed by atoms with E-state index in [2.05, 4.69) is 13.8 Å². The number of carbonyl (C=O) groups excluding carboxylic acids is 2. The fraction of sp³-hybridized carbons (Fsp3) is 0.706. The van der Waals surface area contributed by atoms with E-state index in [4.69, 9.17) is 19.7 Å². The highest BCUT2D eigenvalue weighted by Gasteiger charge is 2.38. The molecular formula is C34H56NO9P. The summed E-state index contributed by atoms with van der Waals surface area (Å²) in [5.74, 6) is 0.260. The summed E-state index contributed by atoms with van der Waals surface area (Å²) in [4.78, 5) is 43.4. The summed E-state index contributed by atoms with van der Waals surface area (Å²) in [6, 6.07) is 0. The number of esters is 2. The maximum absolute atomic E-state index is 12.3. The number of aliphatic hydroxyl groups excluding tert-OH is 1. The van der Waals surface area contributed by atoms with Crippen molar-refractivity contribution >= 4 is 20.5 Å². The fourth-order valence-electron chi connectivity index (χ4n) is 5.80. The van der Waals surface area contributed by atoms with Gasteiger partial charge in [-0.2, -0.15) is 0 Å². The highest BCUT2D eigenvalue weighted by atomic mass is 31.2. The van der Waals surface area contributed by atoms with E-state index in [1.54, 1.807) is 18.2 Å². The molecule has 0 radical (unpaired) electrons. The van der Waals surface area contributed by atoms with Crippen molar-refractivity contribution in [2.75, 3.05) is 6.54 Å². The molecule has 2 aliphatic rings. The predicted molar refractivity (Wildman–Crippen MR) is 175 cm³/mol. The Labute approximate surface area is 270 Å². The zero-order valence-corrected chi connectivity index (χ0v) is 28.1. The van der Waals surface area contributed by atoms with Gasteiger partial charge in [-0.15, -0.1) is 0 Å². The van der Waals surface area contributed by atoms with Crippen LogP contribution >= 0.6 is 8.60 Å². The summed E-state index contributed by atoms with van der Waals surface area (Å²) in [5.41, 5.74) is 4.00. The predicted octanol–water partition coefficient (Wildman–Crippen LogP) is 5.30. The van der Waals surface area contributed by atoms with Crippen LogP contribution in [0.4, 0.5) is 0 Å². The van der Waals surface area contributed by atoms with Gasteiger partial charge >= 0.3 is 20.5 Å². The zero-order valence-electron chi connectivity index (χ0n) is 27.2. The number of unbranched alkanes of at least 4 members (excludes halogenated alkanes) is 1. The molecule has 0 bridgehead atoms. The van der Waals surface area contributed by atoms with E-state index < -0.39 is 38.5 Å². The van der Waals surface area contributed by atoms with E-state index >= 15 is 0 Å². The van der Waals surface area contributed by atoms with Crippen LogP contribution in [0, 0.1) is 17.8 Å². The molecule has 0 saturated heterocycles. The van der Waals surface area contributed by atoms with E-state index in [9.17, 15) is 29.6 Å². The molecule has 2 rings (SSSR count). The van der Waals surface area contributed by atoms with Gasteiger partial charge < -0.3 is 39.7 Å². The molecule has 8 unspecified atom stereocenters. The first-order valence-electron chi connectivity index (χ1n) is 16.6. The number of hydrogen-bond acceptors (Lipinski definition) is 10. The van der Waals surface area contributed by atoms with Crippen LogP contribution in [0.1, 0.15) is 97.8 Å². The number of carbonyl (C=O) groups is 2. The second-order valence-corrected chi connectivity index (χ2v) is 13.2. The average molecular weight is 654 g/mol. The van der Waals surface area contributed by atoms with Crippen LogP contribution in [0.25, 0.3) is 0 Å². The number of hydrogen-bond donors (Lipinski definition) is 5. The van der Waals surface area contributed by atoms with Crippen molar-refractivity contribution in [3.63, 3.8) is 0 Å². The van der Waals surface area contributed by atoms with Crippen LogP contribution in [0.3, 0.4) is 0 Å². The maximum Gasteiger partial charge on any atom is 0.331 e. The second kappa shape index (κ2) is 21.1. The van der Waals surface area contributed by atoms with Crippen molar-refractivity contribution < 1.29 is 43.6 Å². The second-order valence-electron chi connectivity index (χ2n) is 12.4. The van der Waals surface area contributed by atoms with Crippen molar-refractivity contribution in [3.8, 4) is 0 Å². The molecule has 11 heteroatoms. The number of nitrogens with two attached hydrogens (primary N) is 1. The Bertz CT molecular complexity index is 1000. The van der Waals surface area contributed by atoms with Gasteiger partial charge in [-0.25, -0.2) is 4.79 Å². The third-order valence-corrected chi connectivity index (χ3v) is 9.24. The van der Waals surface area contributed by atoms with Crippen molar-refractivity contribution in [3.05, 3.63) is 48.6 Å². The number of allylic oxidation sites excluding steroid dienone is 3.